The Morgan fingerprint density at radius 1 is 0.784 bits per heavy atom. The third-order valence-electron chi connectivity index (χ3n) is 6.25. The van der Waals surface area contributed by atoms with E-state index in [0.29, 0.717) is 29.2 Å². The highest BCUT2D eigenvalue weighted by atomic mass is 16.5. The van der Waals surface area contributed by atoms with Crippen molar-refractivity contribution in [2.24, 2.45) is 0 Å². The van der Waals surface area contributed by atoms with Gasteiger partial charge in [0.15, 0.2) is 12.4 Å². The van der Waals surface area contributed by atoms with Gasteiger partial charge in [0.1, 0.15) is 11.5 Å². The maximum Gasteiger partial charge on any atom is 0.260 e. The fourth-order valence-corrected chi connectivity index (χ4v) is 4.05. The summed E-state index contributed by atoms with van der Waals surface area (Å²) in [7, 11) is 1.60. The van der Waals surface area contributed by atoms with Gasteiger partial charge in [-0.2, -0.15) is 0 Å². The van der Waals surface area contributed by atoms with Crippen molar-refractivity contribution in [2.75, 3.05) is 26.8 Å². The van der Waals surface area contributed by atoms with Gasteiger partial charge < -0.3 is 14.4 Å². The molecular formula is C32H37NO4. The lowest BCUT2D eigenvalue weighted by atomic mass is 9.94. The number of ketones is 1. The minimum Gasteiger partial charge on any atom is -0.497 e. The average molecular weight is 500 g/mol. The fourth-order valence-electron chi connectivity index (χ4n) is 4.05. The second-order valence-corrected chi connectivity index (χ2v) is 8.87. The largest absolute Gasteiger partial charge is 0.497 e. The Morgan fingerprint density at radius 2 is 1.46 bits per heavy atom. The van der Waals surface area contributed by atoms with Crippen molar-refractivity contribution < 1.29 is 19.1 Å². The molecule has 5 heteroatoms. The number of methoxy groups -OCH3 is 1. The van der Waals surface area contributed by atoms with Crippen molar-refractivity contribution in [1.29, 1.82) is 0 Å². The number of benzene rings is 3. The Morgan fingerprint density at radius 3 is 2.08 bits per heavy atom. The van der Waals surface area contributed by atoms with E-state index < -0.39 is 0 Å². The van der Waals surface area contributed by atoms with Crippen LogP contribution in [0.15, 0.2) is 78.9 Å². The van der Waals surface area contributed by atoms with Crippen LogP contribution in [0.1, 0.15) is 61.0 Å². The molecule has 5 nitrogen and oxygen atoms in total. The fraction of sp³-hybridized carbons (Fsp3) is 0.312. The van der Waals surface area contributed by atoms with E-state index in [-0.39, 0.29) is 18.3 Å². The number of allylic oxidation sites excluding steroid dienone is 1. The first-order chi connectivity index (χ1) is 18.0. The number of hydrogen-bond donors (Lipinski definition) is 0. The SMILES string of the molecule is CCCCCCN(CC)C(=O)COc1ccc(/C=C(/C(=O)c2ccc(OC)cc2)c2ccccc2)cc1. The lowest BCUT2D eigenvalue weighted by Crippen LogP contribution is -2.35. The summed E-state index contributed by atoms with van der Waals surface area (Å²) in [5, 5.41) is 0. The number of rotatable bonds is 14. The van der Waals surface area contributed by atoms with Crippen molar-refractivity contribution in [3.8, 4) is 11.5 Å². The van der Waals surface area contributed by atoms with Crippen LogP contribution in [-0.4, -0.2) is 43.4 Å². The average Bonchev–Trinajstić information content (AvgIpc) is 2.95. The van der Waals surface area contributed by atoms with Gasteiger partial charge in [-0.3, -0.25) is 9.59 Å². The minimum atomic E-state index is -0.0710. The van der Waals surface area contributed by atoms with Crippen molar-refractivity contribution in [3.63, 3.8) is 0 Å². The van der Waals surface area contributed by atoms with Crippen molar-refractivity contribution in [3.05, 3.63) is 95.6 Å². The van der Waals surface area contributed by atoms with E-state index in [1.807, 2.05) is 72.5 Å². The second kappa shape index (κ2) is 14.6. The Labute approximate surface area is 220 Å². The van der Waals surface area contributed by atoms with Gasteiger partial charge in [0, 0.05) is 24.2 Å². The number of amides is 1. The van der Waals surface area contributed by atoms with Gasteiger partial charge in [-0.05, 0) is 66.9 Å². The molecule has 194 valence electrons. The van der Waals surface area contributed by atoms with Crippen LogP contribution in [0.25, 0.3) is 11.6 Å². The van der Waals surface area contributed by atoms with Crippen LogP contribution in [0, 0.1) is 0 Å². The number of ether oxygens (including phenoxy) is 2. The molecule has 3 aromatic carbocycles. The number of likely N-dealkylation sites (N-methyl/N-ethyl adjacent to an activating group) is 1. The molecule has 0 fully saturated rings. The molecule has 3 rings (SSSR count). The predicted octanol–water partition coefficient (Wildman–Crippen LogP) is 6.93. The summed E-state index contributed by atoms with van der Waals surface area (Å²) in [4.78, 5) is 27.8. The summed E-state index contributed by atoms with van der Waals surface area (Å²) in [5.41, 5.74) is 2.89. The van der Waals surface area contributed by atoms with Gasteiger partial charge in [0.2, 0.25) is 0 Å². The standard InChI is InChI=1S/C32H37NO4/c1-4-6-7-11-22-33(5-2)31(34)24-37-29-18-14-25(15-19-29)23-30(26-12-9-8-10-13-26)32(35)27-16-20-28(36-3)21-17-27/h8-10,12-21,23H,4-7,11,22,24H2,1-3H3/b30-23+. The number of unbranched alkanes of at least 4 members (excludes halogenated alkanes) is 3. The van der Waals surface area contributed by atoms with E-state index in [2.05, 4.69) is 6.92 Å². The zero-order valence-electron chi connectivity index (χ0n) is 22.1. The Balaban J connectivity index is 1.70. The van der Waals surface area contributed by atoms with E-state index >= 15 is 0 Å². The topological polar surface area (TPSA) is 55.8 Å². The molecule has 0 saturated heterocycles. The summed E-state index contributed by atoms with van der Waals surface area (Å²) in [5.74, 6) is 1.25. The number of nitrogens with zero attached hydrogens (tertiary/aromatic N) is 1. The Bertz CT molecular complexity index is 1150. The molecule has 0 bridgehead atoms. The van der Waals surface area contributed by atoms with Crippen LogP contribution in [0.2, 0.25) is 0 Å². The minimum absolute atomic E-state index is 0.000534. The molecule has 0 unspecified atom stereocenters. The molecule has 37 heavy (non-hydrogen) atoms. The Hall–Kier alpha value is -3.86. The number of hydrogen-bond acceptors (Lipinski definition) is 4. The zero-order chi connectivity index (χ0) is 26.5. The van der Waals surface area contributed by atoms with Crippen molar-refractivity contribution >= 4 is 23.3 Å². The van der Waals surface area contributed by atoms with Gasteiger partial charge in [0.05, 0.1) is 7.11 Å². The van der Waals surface area contributed by atoms with Crippen LogP contribution in [-0.2, 0) is 4.79 Å². The number of carbonyl (C=O) groups excluding carboxylic acids is 2. The molecule has 0 aliphatic rings. The van der Waals surface area contributed by atoms with Crippen LogP contribution in [0.5, 0.6) is 11.5 Å². The molecule has 0 atom stereocenters. The van der Waals surface area contributed by atoms with Crippen LogP contribution in [0.4, 0.5) is 0 Å². The maximum atomic E-state index is 13.4. The number of carbonyl (C=O) groups is 2. The normalized spacial score (nSPS) is 11.2. The highest BCUT2D eigenvalue weighted by Gasteiger charge is 2.15. The molecule has 0 saturated carbocycles. The van der Waals surface area contributed by atoms with Gasteiger partial charge in [-0.25, -0.2) is 0 Å². The summed E-state index contributed by atoms with van der Waals surface area (Å²) in [6.45, 7) is 5.65. The molecule has 0 aliphatic carbocycles. The van der Waals surface area contributed by atoms with E-state index in [4.69, 9.17) is 9.47 Å². The van der Waals surface area contributed by atoms with E-state index in [9.17, 15) is 9.59 Å². The predicted molar refractivity (Wildman–Crippen MR) is 150 cm³/mol. The molecule has 0 aromatic heterocycles. The molecule has 0 spiro atoms. The molecule has 3 aromatic rings. The summed E-state index contributed by atoms with van der Waals surface area (Å²) >= 11 is 0. The van der Waals surface area contributed by atoms with Crippen LogP contribution < -0.4 is 9.47 Å². The molecule has 0 aliphatic heterocycles. The third-order valence-corrected chi connectivity index (χ3v) is 6.25. The van der Waals surface area contributed by atoms with Gasteiger partial charge in [-0.15, -0.1) is 0 Å². The highest BCUT2D eigenvalue weighted by Crippen LogP contribution is 2.25. The first kappa shape index (κ1) is 27.7. The van der Waals surface area contributed by atoms with Gasteiger partial charge in [0.25, 0.3) is 5.91 Å². The van der Waals surface area contributed by atoms with Crippen LogP contribution in [0.3, 0.4) is 0 Å². The molecule has 0 N–H and O–H groups in total. The van der Waals surface area contributed by atoms with E-state index in [1.165, 1.54) is 12.8 Å². The molecular weight excluding hydrogens is 462 g/mol. The Kier molecular flexibility index (Phi) is 11.0. The molecule has 1 amide bonds. The smallest absolute Gasteiger partial charge is 0.260 e. The van der Waals surface area contributed by atoms with E-state index in [0.717, 1.165) is 30.5 Å². The van der Waals surface area contributed by atoms with Gasteiger partial charge in [-0.1, -0.05) is 68.7 Å². The van der Waals surface area contributed by atoms with Gasteiger partial charge >= 0.3 is 0 Å². The lowest BCUT2D eigenvalue weighted by molar-refractivity contribution is -0.133. The van der Waals surface area contributed by atoms with Crippen molar-refractivity contribution in [1.82, 2.24) is 4.90 Å². The first-order valence-electron chi connectivity index (χ1n) is 13.0. The molecule has 0 heterocycles. The van der Waals surface area contributed by atoms with Crippen LogP contribution >= 0.6 is 0 Å². The van der Waals surface area contributed by atoms with Crippen molar-refractivity contribution in [2.45, 2.75) is 39.5 Å². The lowest BCUT2D eigenvalue weighted by Gasteiger charge is -2.21. The highest BCUT2D eigenvalue weighted by molar-refractivity contribution is 6.32. The maximum absolute atomic E-state index is 13.4. The summed E-state index contributed by atoms with van der Waals surface area (Å²) < 4.78 is 11.0. The first-order valence-corrected chi connectivity index (χ1v) is 13.0. The number of Topliss-reactive ketones (excluding diaryl/α,β-unsaturated/α-hetero) is 1. The zero-order valence-corrected chi connectivity index (χ0v) is 22.1. The quantitative estimate of drug-likeness (QED) is 0.104. The summed E-state index contributed by atoms with van der Waals surface area (Å²) in [6.07, 6.45) is 6.42. The summed E-state index contributed by atoms with van der Waals surface area (Å²) in [6, 6.07) is 24.2. The second-order valence-electron chi connectivity index (χ2n) is 8.87. The third kappa shape index (κ3) is 8.35. The monoisotopic (exact) mass is 499 g/mol. The van der Waals surface area contributed by atoms with E-state index in [1.54, 1.807) is 31.4 Å². The molecule has 0 radical (unpaired) electrons.